The fourth-order valence-electron chi connectivity index (χ4n) is 13.9. The van der Waals surface area contributed by atoms with Crippen LogP contribution in [0.15, 0.2) is 0 Å². The van der Waals surface area contributed by atoms with Crippen molar-refractivity contribution in [1.82, 2.24) is 0 Å². The number of unbranched alkanes of at least 4 members (excludes halogenated alkanes) is 1. The van der Waals surface area contributed by atoms with Crippen molar-refractivity contribution in [2.24, 2.45) is 87.3 Å². The molecule has 23 heavy (non-hydrogen) atoms. The summed E-state index contributed by atoms with van der Waals surface area (Å²) in [6.07, 6.45) is 8.10. The summed E-state index contributed by atoms with van der Waals surface area (Å²) in [7, 11) is 0. The van der Waals surface area contributed by atoms with Crippen LogP contribution < -0.4 is 18.9 Å². The van der Waals surface area contributed by atoms with E-state index in [0.29, 0.717) is 0 Å². The predicted molar refractivity (Wildman–Crippen MR) is 81.2 cm³/mol. The Balaban J connectivity index is 0.000000961. The molecule has 0 radical (unpaired) electrons. The zero-order chi connectivity index (χ0) is 13.5. The van der Waals surface area contributed by atoms with Crippen molar-refractivity contribution in [3.05, 3.63) is 5.92 Å². The topological polar surface area (TPSA) is 0 Å². The Hall–Kier alpha value is 0.597. The third-order valence-electron chi connectivity index (χ3n) is 12.8. The van der Waals surface area contributed by atoms with E-state index in [2.05, 4.69) is 12.8 Å². The standard InChI is InChI=1S/C22H25.Li/c1-2-3-4-20-13-9-6-10(14(13)20)18-17(9)22(18,20)21-15-7-5-8(16(15)21)12-11(7)19(12)21;/h7-18H,2-6H2,1H3;/q-1;+1/t7-,8+,9-,10+,11+,12-,13+,14-,15-,16-,17-,18-,20?,21?,22?;/m0./s1. The molecule has 4 bridgehead atoms. The SMILES string of the molecule is CCCCC12[C@@H]3[C@@H]4C[C@H]([C@@H]31)[C@H]1[C@H]4C12C12[C-]3[C@@H]4[C@@H]5C[C@H]([C@H]34)[C@H]1[C@H]52.[Li+]. The summed E-state index contributed by atoms with van der Waals surface area (Å²) >= 11 is 0. The van der Waals surface area contributed by atoms with E-state index >= 15 is 0 Å². The second-order valence-corrected chi connectivity index (χ2v) is 11.7. The molecule has 12 fully saturated rings. The zero-order valence-corrected chi connectivity index (χ0v) is 14.5. The van der Waals surface area contributed by atoms with Crippen LogP contribution in [-0.4, -0.2) is 0 Å². The van der Waals surface area contributed by atoms with Gasteiger partial charge >= 0.3 is 18.9 Å². The molecule has 15 atom stereocenters. The average molecular weight is 296 g/mol. The van der Waals surface area contributed by atoms with Gasteiger partial charge in [0.2, 0.25) is 0 Å². The predicted octanol–water partition coefficient (Wildman–Crippen LogP) is 1.02. The molecule has 114 valence electrons. The fourth-order valence-corrected chi connectivity index (χ4v) is 13.9. The van der Waals surface area contributed by atoms with Crippen LogP contribution in [0.25, 0.3) is 0 Å². The summed E-state index contributed by atoms with van der Waals surface area (Å²) < 4.78 is 0. The van der Waals surface area contributed by atoms with Gasteiger partial charge in [0, 0.05) is 0 Å². The number of hydrogen-bond donors (Lipinski definition) is 0. The average Bonchev–Trinajstić information content (AvgIpc) is 3.45. The van der Waals surface area contributed by atoms with Crippen LogP contribution in [0.2, 0.25) is 0 Å². The van der Waals surface area contributed by atoms with E-state index in [4.69, 9.17) is 0 Å². The van der Waals surface area contributed by atoms with Gasteiger partial charge in [-0.3, -0.25) is 0 Å². The minimum atomic E-state index is 0. The molecule has 1 heteroatoms. The van der Waals surface area contributed by atoms with Crippen molar-refractivity contribution in [2.75, 3.05) is 0 Å². The van der Waals surface area contributed by atoms with Gasteiger partial charge in [-0.1, -0.05) is 49.9 Å². The monoisotopic (exact) mass is 296 g/mol. The van der Waals surface area contributed by atoms with Gasteiger partial charge in [0.15, 0.2) is 0 Å². The van der Waals surface area contributed by atoms with E-state index in [1.54, 1.807) is 25.7 Å². The van der Waals surface area contributed by atoms with E-state index in [0.717, 1.165) is 16.2 Å². The summed E-state index contributed by atoms with van der Waals surface area (Å²) in [6, 6.07) is 0. The Morgan fingerprint density at radius 1 is 0.826 bits per heavy atom. The molecule has 0 spiro atoms. The van der Waals surface area contributed by atoms with Crippen molar-refractivity contribution in [1.29, 1.82) is 0 Å². The van der Waals surface area contributed by atoms with Gasteiger partial charge in [-0.25, -0.2) is 0 Å². The van der Waals surface area contributed by atoms with Crippen LogP contribution in [0.3, 0.4) is 0 Å². The first-order valence-electron chi connectivity index (χ1n) is 10.8. The molecule has 0 amide bonds. The summed E-state index contributed by atoms with van der Waals surface area (Å²) in [5.41, 5.74) is 2.90. The van der Waals surface area contributed by atoms with Crippen molar-refractivity contribution >= 4 is 0 Å². The smallest absolute Gasteiger partial charge is 0.304 e. The molecule has 0 N–H and O–H groups in total. The second-order valence-electron chi connectivity index (χ2n) is 11.7. The van der Waals surface area contributed by atoms with Crippen LogP contribution in [0.1, 0.15) is 39.0 Å². The molecule has 12 saturated carbocycles. The summed E-state index contributed by atoms with van der Waals surface area (Å²) in [5, 5.41) is 0. The number of hydrogen-bond acceptors (Lipinski definition) is 0. The molecule has 12 aliphatic rings. The van der Waals surface area contributed by atoms with Crippen LogP contribution >= 0.6 is 0 Å². The molecule has 0 aromatic carbocycles. The largest absolute Gasteiger partial charge is 1.00 e. The first-order chi connectivity index (χ1) is 10.9. The molecule has 12 rings (SSSR count). The minimum absolute atomic E-state index is 0. The van der Waals surface area contributed by atoms with Gasteiger partial charge in [-0.15, -0.1) is 5.41 Å². The Labute approximate surface area is 151 Å². The third kappa shape index (κ3) is 0.648. The normalized spacial score (nSPS) is 87.5. The summed E-state index contributed by atoms with van der Waals surface area (Å²) in [5.74, 6) is 17.5. The van der Waals surface area contributed by atoms with Crippen LogP contribution in [-0.2, 0) is 0 Å². The molecular formula is C22H25Li. The Morgan fingerprint density at radius 3 is 1.96 bits per heavy atom. The molecule has 0 aromatic heterocycles. The third-order valence-corrected chi connectivity index (χ3v) is 12.8. The quantitative estimate of drug-likeness (QED) is 0.537. The maximum atomic E-state index is 2.44. The Kier molecular flexibility index (Phi) is 1.41. The van der Waals surface area contributed by atoms with Crippen molar-refractivity contribution in [3.63, 3.8) is 0 Å². The van der Waals surface area contributed by atoms with E-state index in [-0.39, 0.29) is 18.9 Å². The summed E-state index contributed by atoms with van der Waals surface area (Å²) in [6.45, 7) is 2.44. The van der Waals surface area contributed by atoms with E-state index in [1.165, 1.54) is 77.4 Å². The van der Waals surface area contributed by atoms with Gasteiger partial charge in [0.25, 0.3) is 0 Å². The van der Waals surface area contributed by atoms with Gasteiger partial charge in [-0.05, 0) is 59.2 Å². The molecule has 3 unspecified atom stereocenters. The van der Waals surface area contributed by atoms with Crippen LogP contribution in [0.4, 0.5) is 0 Å². The van der Waals surface area contributed by atoms with Crippen LogP contribution in [0, 0.1) is 93.2 Å². The van der Waals surface area contributed by atoms with Crippen molar-refractivity contribution in [3.8, 4) is 0 Å². The second kappa shape index (κ2) is 2.69. The molecular weight excluding hydrogens is 271 g/mol. The van der Waals surface area contributed by atoms with Crippen molar-refractivity contribution < 1.29 is 18.9 Å². The maximum absolute atomic E-state index is 2.44. The fraction of sp³-hybridized carbons (Fsp3) is 0.955. The van der Waals surface area contributed by atoms with E-state index in [1.807, 2.05) is 0 Å². The van der Waals surface area contributed by atoms with Gasteiger partial charge in [0.05, 0.1) is 0 Å². The molecule has 0 saturated heterocycles. The first kappa shape index (κ1) is 12.1. The van der Waals surface area contributed by atoms with E-state index in [9.17, 15) is 0 Å². The molecule has 0 aliphatic heterocycles. The molecule has 0 heterocycles. The van der Waals surface area contributed by atoms with Crippen LogP contribution in [0.5, 0.6) is 0 Å². The Morgan fingerprint density at radius 2 is 1.43 bits per heavy atom. The summed E-state index contributed by atoms with van der Waals surface area (Å²) in [4.78, 5) is 0. The molecule has 0 nitrogen and oxygen atoms in total. The molecule has 12 aliphatic carbocycles. The zero-order valence-electron chi connectivity index (χ0n) is 14.5. The van der Waals surface area contributed by atoms with Crippen molar-refractivity contribution in [2.45, 2.75) is 39.0 Å². The maximum Gasteiger partial charge on any atom is 1.00 e. The Bertz CT molecular complexity index is 689. The minimum Gasteiger partial charge on any atom is -0.304 e. The number of rotatable bonds is 4. The van der Waals surface area contributed by atoms with Gasteiger partial charge < -0.3 is 5.92 Å². The van der Waals surface area contributed by atoms with E-state index < -0.39 is 0 Å². The van der Waals surface area contributed by atoms with Gasteiger partial charge in [-0.2, -0.15) is 11.8 Å². The first-order valence-corrected chi connectivity index (χ1v) is 10.8. The molecule has 0 aromatic rings. The van der Waals surface area contributed by atoms with Gasteiger partial charge in [0.1, 0.15) is 0 Å².